The Hall–Kier alpha value is -2.78. The van der Waals surface area contributed by atoms with Gasteiger partial charge >= 0.3 is 0 Å². The summed E-state index contributed by atoms with van der Waals surface area (Å²) in [6.45, 7) is 11.2. The molecule has 3 aromatic rings. The molecule has 0 aliphatic heterocycles. The minimum Gasteiger partial charge on any atom is -0.490 e. The molecule has 1 aromatic heterocycles. The Morgan fingerprint density at radius 2 is 1.64 bits per heavy atom. The Balaban J connectivity index is 1.73. The van der Waals surface area contributed by atoms with Crippen LogP contribution in [0.3, 0.4) is 0 Å². The summed E-state index contributed by atoms with van der Waals surface area (Å²) < 4.78 is 17.9. The Morgan fingerprint density at radius 3 is 2.27 bits per heavy atom. The largest absolute Gasteiger partial charge is 0.490 e. The molecule has 0 saturated carbocycles. The number of aryl methyl sites for hydroxylation is 2. The van der Waals surface area contributed by atoms with Crippen molar-refractivity contribution in [1.29, 1.82) is 0 Å². The summed E-state index contributed by atoms with van der Waals surface area (Å²) in [6, 6.07) is 9.73. The van der Waals surface area contributed by atoms with Crippen molar-refractivity contribution in [2.24, 2.45) is 0 Å². The van der Waals surface area contributed by atoms with Gasteiger partial charge in [0.1, 0.15) is 0 Å². The minimum atomic E-state index is -0.317. The van der Waals surface area contributed by atoms with Crippen molar-refractivity contribution in [3.63, 3.8) is 0 Å². The van der Waals surface area contributed by atoms with Gasteiger partial charge in [-0.2, -0.15) is 0 Å². The lowest BCUT2D eigenvalue weighted by Crippen LogP contribution is -2.13. The summed E-state index contributed by atoms with van der Waals surface area (Å²) in [4.78, 5) is 12.9. The lowest BCUT2D eigenvalue weighted by molar-refractivity contribution is 0.102. The van der Waals surface area contributed by atoms with E-state index in [0.717, 1.165) is 10.1 Å². The third-order valence-corrected chi connectivity index (χ3v) is 6.67. The molecule has 0 bridgehead atoms. The number of nitrogens with zero attached hydrogens (tertiary/aromatic N) is 2. The molecule has 33 heavy (non-hydrogen) atoms. The molecule has 0 spiro atoms. The van der Waals surface area contributed by atoms with Gasteiger partial charge in [-0.15, -0.1) is 10.2 Å². The third-order valence-electron chi connectivity index (χ3n) is 4.65. The summed E-state index contributed by atoms with van der Waals surface area (Å²) in [6.07, 6.45) is 0. The normalized spacial score (nSPS) is 10.7. The van der Waals surface area contributed by atoms with E-state index in [4.69, 9.17) is 14.2 Å². The number of hydrogen-bond acceptors (Lipinski definition) is 8. The first kappa shape index (κ1) is 24.9. The van der Waals surface area contributed by atoms with Crippen LogP contribution in [0.2, 0.25) is 0 Å². The molecule has 0 aliphatic rings. The maximum Gasteiger partial charge on any atom is 0.257 e. The number of amides is 1. The van der Waals surface area contributed by atoms with Gasteiger partial charge < -0.3 is 14.2 Å². The van der Waals surface area contributed by atoms with Gasteiger partial charge in [0.2, 0.25) is 10.9 Å². The van der Waals surface area contributed by atoms with Gasteiger partial charge in [0.25, 0.3) is 5.91 Å². The van der Waals surface area contributed by atoms with E-state index in [1.807, 2.05) is 20.8 Å². The van der Waals surface area contributed by atoms with Gasteiger partial charge in [-0.3, -0.25) is 10.1 Å². The number of nitrogens with one attached hydrogen (secondary N) is 1. The van der Waals surface area contributed by atoms with Gasteiger partial charge in [-0.1, -0.05) is 46.9 Å². The number of hydrogen-bond donors (Lipinski definition) is 1. The zero-order chi connectivity index (χ0) is 23.8. The number of anilines is 1. The smallest absolute Gasteiger partial charge is 0.257 e. The van der Waals surface area contributed by atoms with Gasteiger partial charge in [0.05, 0.1) is 19.8 Å². The van der Waals surface area contributed by atoms with Crippen LogP contribution in [0.15, 0.2) is 34.7 Å². The van der Waals surface area contributed by atoms with Crippen LogP contribution < -0.4 is 19.5 Å². The SMILES string of the molecule is CCOc1cc(C(=O)Nc2nnc(SCc3cc(C)ccc3C)s2)cc(OCC)c1OCC. The average Bonchev–Trinajstić information content (AvgIpc) is 3.24. The van der Waals surface area contributed by atoms with Crippen LogP contribution in [-0.4, -0.2) is 35.9 Å². The molecule has 2 aromatic carbocycles. The van der Waals surface area contributed by atoms with E-state index in [-0.39, 0.29) is 5.91 Å². The lowest BCUT2D eigenvalue weighted by atomic mass is 10.1. The van der Waals surface area contributed by atoms with E-state index < -0.39 is 0 Å². The van der Waals surface area contributed by atoms with Crippen LogP contribution in [0.5, 0.6) is 17.2 Å². The zero-order valence-corrected chi connectivity index (χ0v) is 21.2. The predicted octanol–water partition coefficient (Wildman–Crippen LogP) is 5.90. The summed E-state index contributed by atoms with van der Waals surface area (Å²) in [5, 5.41) is 11.6. The van der Waals surface area contributed by atoms with E-state index in [1.54, 1.807) is 23.9 Å². The quantitative estimate of drug-likeness (QED) is 0.266. The van der Waals surface area contributed by atoms with Gasteiger partial charge in [-0.05, 0) is 57.9 Å². The first-order valence-electron chi connectivity index (χ1n) is 10.8. The highest BCUT2D eigenvalue weighted by Crippen LogP contribution is 2.39. The van der Waals surface area contributed by atoms with E-state index in [2.05, 4.69) is 47.6 Å². The van der Waals surface area contributed by atoms with E-state index in [1.165, 1.54) is 28.0 Å². The second-order valence-corrected chi connectivity index (χ2v) is 9.35. The van der Waals surface area contributed by atoms with Crippen molar-refractivity contribution in [1.82, 2.24) is 10.2 Å². The highest BCUT2D eigenvalue weighted by Gasteiger charge is 2.19. The molecule has 1 N–H and O–H groups in total. The molecule has 1 amide bonds. The van der Waals surface area contributed by atoms with Crippen LogP contribution in [0.1, 0.15) is 47.8 Å². The standard InChI is InChI=1S/C24H29N3O4S2/c1-6-29-19-12-17(13-20(30-7-2)21(19)31-8-3)22(28)25-23-26-27-24(33-23)32-14-18-11-15(4)9-10-16(18)5/h9-13H,6-8,14H2,1-5H3,(H,25,26,28). The fourth-order valence-electron chi connectivity index (χ4n) is 3.10. The van der Waals surface area contributed by atoms with Crippen molar-refractivity contribution in [2.45, 2.75) is 44.7 Å². The maximum atomic E-state index is 12.9. The maximum absolute atomic E-state index is 12.9. The van der Waals surface area contributed by atoms with Gasteiger partial charge in [0, 0.05) is 11.3 Å². The molecule has 7 nitrogen and oxygen atoms in total. The fraction of sp³-hybridized carbons (Fsp3) is 0.375. The van der Waals surface area contributed by atoms with Crippen LogP contribution in [0.4, 0.5) is 5.13 Å². The second kappa shape index (κ2) is 11.9. The summed E-state index contributed by atoms with van der Waals surface area (Å²) >= 11 is 2.95. The highest BCUT2D eigenvalue weighted by atomic mass is 32.2. The zero-order valence-electron chi connectivity index (χ0n) is 19.6. The predicted molar refractivity (Wildman–Crippen MR) is 133 cm³/mol. The van der Waals surface area contributed by atoms with E-state index in [9.17, 15) is 4.79 Å². The van der Waals surface area contributed by atoms with Crippen LogP contribution in [0, 0.1) is 13.8 Å². The molecule has 0 fully saturated rings. The van der Waals surface area contributed by atoms with Crippen molar-refractivity contribution in [3.8, 4) is 17.2 Å². The van der Waals surface area contributed by atoms with Crippen LogP contribution in [0.25, 0.3) is 0 Å². The van der Waals surface area contributed by atoms with E-state index >= 15 is 0 Å². The Morgan fingerprint density at radius 1 is 0.970 bits per heavy atom. The molecular weight excluding hydrogens is 458 g/mol. The Bertz CT molecular complexity index is 1070. The number of rotatable bonds is 11. The van der Waals surface area contributed by atoms with E-state index in [0.29, 0.717) is 47.8 Å². The highest BCUT2D eigenvalue weighted by molar-refractivity contribution is 8.00. The summed E-state index contributed by atoms with van der Waals surface area (Å²) in [5.74, 6) is 1.92. The lowest BCUT2D eigenvalue weighted by Gasteiger charge is -2.16. The Kier molecular flexibility index (Phi) is 8.96. The molecule has 1 heterocycles. The second-order valence-electron chi connectivity index (χ2n) is 7.15. The van der Waals surface area contributed by atoms with Crippen LogP contribution in [-0.2, 0) is 5.75 Å². The molecule has 0 radical (unpaired) electrons. The molecule has 0 saturated heterocycles. The van der Waals surface area contributed by atoms with Gasteiger partial charge in [0.15, 0.2) is 15.8 Å². The first-order chi connectivity index (χ1) is 15.9. The van der Waals surface area contributed by atoms with Crippen LogP contribution >= 0.6 is 23.1 Å². The minimum absolute atomic E-state index is 0.317. The number of thioether (sulfide) groups is 1. The molecule has 0 unspecified atom stereocenters. The van der Waals surface area contributed by atoms with Gasteiger partial charge in [-0.25, -0.2) is 0 Å². The molecule has 3 rings (SSSR count). The fourth-order valence-corrected chi connectivity index (χ4v) is 4.91. The van der Waals surface area contributed by atoms with Crippen molar-refractivity contribution in [3.05, 3.63) is 52.6 Å². The number of benzene rings is 2. The number of carbonyl (C=O) groups excluding carboxylic acids is 1. The Labute approximate surface area is 202 Å². The summed E-state index contributed by atoms with van der Waals surface area (Å²) in [5.41, 5.74) is 4.14. The molecular formula is C24H29N3O4S2. The monoisotopic (exact) mass is 487 g/mol. The number of ether oxygens (including phenoxy) is 3. The van der Waals surface area contributed by atoms with Crippen molar-refractivity contribution >= 4 is 34.1 Å². The number of aromatic nitrogens is 2. The number of carbonyl (C=O) groups is 1. The third kappa shape index (κ3) is 6.61. The average molecular weight is 488 g/mol. The molecule has 0 atom stereocenters. The molecule has 176 valence electrons. The van der Waals surface area contributed by atoms with Crippen molar-refractivity contribution in [2.75, 3.05) is 25.1 Å². The summed E-state index contributed by atoms with van der Waals surface area (Å²) in [7, 11) is 0. The first-order valence-corrected chi connectivity index (χ1v) is 12.7. The topological polar surface area (TPSA) is 82.6 Å². The molecule has 9 heteroatoms. The van der Waals surface area contributed by atoms with Crippen molar-refractivity contribution < 1.29 is 19.0 Å². The molecule has 0 aliphatic carbocycles.